The molecule has 1 aliphatic rings. The van der Waals surface area contributed by atoms with Crippen LogP contribution in [0.3, 0.4) is 0 Å². The highest BCUT2D eigenvalue weighted by atomic mass is 16.1. The van der Waals surface area contributed by atoms with Crippen molar-refractivity contribution in [3.63, 3.8) is 0 Å². The second-order valence-electron chi connectivity index (χ2n) is 4.71. The fraction of sp³-hybridized carbons (Fsp3) is 0.636. The van der Waals surface area contributed by atoms with Crippen LogP contribution >= 0.6 is 0 Å². The largest absolute Gasteiger partial charge is 0.368 e. The van der Waals surface area contributed by atoms with Crippen molar-refractivity contribution in [2.45, 2.75) is 37.8 Å². The lowest BCUT2D eigenvalue weighted by atomic mass is 9.76. The van der Waals surface area contributed by atoms with Crippen molar-refractivity contribution in [3.8, 4) is 0 Å². The lowest BCUT2D eigenvalue weighted by Crippen LogP contribution is -2.55. The molecule has 0 aliphatic heterocycles. The minimum atomic E-state index is -0.809. The summed E-state index contributed by atoms with van der Waals surface area (Å²) in [5.41, 5.74) is 10.6. The minimum absolute atomic E-state index is 0.377. The highest BCUT2D eigenvalue weighted by Crippen LogP contribution is 2.31. The van der Waals surface area contributed by atoms with E-state index in [1.807, 2.05) is 16.9 Å². The number of carbonyl (C=O) groups excluding carboxylic acids is 1. The van der Waals surface area contributed by atoms with Crippen molar-refractivity contribution in [2.75, 3.05) is 0 Å². The molecule has 1 heterocycles. The molecule has 5 heteroatoms. The van der Waals surface area contributed by atoms with E-state index in [0.717, 1.165) is 19.4 Å². The van der Waals surface area contributed by atoms with Crippen molar-refractivity contribution in [2.24, 2.45) is 17.4 Å². The van der Waals surface area contributed by atoms with Gasteiger partial charge in [-0.1, -0.05) is 6.42 Å². The molecule has 0 bridgehead atoms. The van der Waals surface area contributed by atoms with Gasteiger partial charge in [0.05, 0.1) is 5.54 Å². The van der Waals surface area contributed by atoms with Crippen molar-refractivity contribution < 1.29 is 4.79 Å². The second-order valence-corrected chi connectivity index (χ2v) is 4.71. The van der Waals surface area contributed by atoms with E-state index in [1.54, 1.807) is 6.20 Å². The Bertz CT molecular complexity index is 362. The summed E-state index contributed by atoms with van der Waals surface area (Å²) < 4.78 is 1.89. The van der Waals surface area contributed by atoms with Gasteiger partial charge >= 0.3 is 0 Å². The van der Waals surface area contributed by atoms with Crippen LogP contribution in [0.5, 0.6) is 0 Å². The van der Waals surface area contributed by atoms with Crippen LogP contribution in [0, 0.1) is 5.92 Å². The van der Waals surface area contributed by atoms with Gasteiger partial charge in [-0.25, -0.2) is 0 Å². The molecule has 1 amide bonds. The first-order valence-electron chi connectivity index (χ1n) is 5.66. The molecule has 1 aromatic rings. The van der Waals surface area contributed by atoms with Gasteiger partial charge in [0.25, 0.3) is 0 Å². The molecule has 1 aromatic heterocycles. The molecular weight excluding hydrogens is 204 g/mol. The smallest absolute Gasteiger partial charge is 0.237 e. The van der Waals surface area contributed by atoms with E-state index >= 15 is 0 Å². The van der Waals surface area contributed by atoms with Crippen molar-refractivity contribution in [1.29, 1.82) is 0 Å². The molecule has 0 aromatic carbocycles. The molecule has 5 nitrogen and oxygen atoms in total. The summed E-state index contributed by atoms with van der Waals surface area (Å²) in [6.45, 7) is 0.819. The molecule has 1 saturated carbocycles. The van der Waals surface area contributed by atoms with Crippen LogP contribution < -0.4 is 11.5 Å². The quantitative estimate of drug-likeness (QED) is 0.768. The summed E-state index contributed by atoms with van der Waals surface area (Å²) in [4.78, 5) is 11.3. The third kappa shape index (κ3) is 2.24. The number of aromatic nitrogens is 2. The van der Waals surface area contributed by atoms with Gasteiger partial charge in [0, 0.05) is 18.9 Å². The zero-order valence-corrected chi connectivity index (χ0v) is 9.30. The van der Waals surface area contributed by atoms with Gasteiger partial charge < -0.3 is 11.5 Å². The predicted molar refractivity (Wildman–Crippen MR) is 60.3 cm³/mol. The number of hydrogen-bond donors (Lipinski definition) is 2. The van der Waals surface area contributed by atoms with E-state index in [4.69, 9.17) is 11.5 Å². The molecule has 0 spiro atoms. The van der Waals surface area contributed by atoms with Gasteiger partial charge in [-0.2, -0.15) is 5.10 Å². The van der Waals surface area contributed by atoms with Crippen LogP contribution in [-0.2, 0) is 11.3 Å². The van der Waals surface area contributed by atoms with E-state index in [2.05, 4.69) is 5.10 Å². The van der Waals surface area contributed by atoms with Crippen molar-refractivity contribution >= 4 is 5.91 Å². The Balaban J connectivity index is 1.99. The van der Waals surface area contributed by atoms with Gasteiger partial charge in [-0.3, -0.25) is 9.48 Å². The topological polar surface area (TPSA) is 86.9 Å². The van der Waals surface area contributed by atoms with Gasteiger partial charge in [-0.15, -0.1) is 0 Å². The number of primary amides is 1. The summed E-state index contributed by atoms with van der Waals surface area (Å²) in [5.74, 6) is 0.0174. The van der Waals surface area contributed by atoms with E-state index in [1.165, 1.54) is 0 Å². The average Bonchev–Trinajstić information content (AvgIpc) is 2.70. The van der Waals surface area contributed by atoms with Gasteiger partial charge in [0.15, 0.2) is 0 Å². The lowest BCUT2D eigenvalue weighted by molar-refractivity contribution is -0.124. The molecule has 16 heavy (non-hydrogen) atoms. The van der Waals surface area contributed by atoms with Gasteiger partial charge in [0.1, 0.15) is 0 Å². The molecule has 2 unspecified atom stereocenters. The van der Waals surface area contributed by atoms with Crippen LogP contribution in [-0.4, -0.2) is 21.2 Å². The molecule has 88 valence electrons. The molecule has 0 saturated heterocycles. The zero-order chi connectivity index (χ0) is 11.6. The standard InChI is InChI=1S/C11H18N4O/c12-10(16)11(13)4-1-3-9(7-11)8-15-6-2-5-14-15/h2,5-6,9H,1,3-4,7-8,13H2,(H2,12,16). The Morgan fingerprint density at radius 2 is 2.44 bits per heavy atom. The fourth-order valence-electron chi connectivity index (χ4n) is 2.48. The monoisotopic (exact) mass is 222 g/mol. The van der Waals surface area contributed by atoms with Gasteiger partial charge in [-0.05, 0) is 31.2 Å². The first kappa shape index (κ1) is 11.1. The van der Waals surface area contributed by atoms with Crippen LogP contribution in [0.1, 0.15) is 25.7 Å². The lowest BCUT2D eigenvalue weighted by Gasteiger charge is -2.35. The summed E-state index contributed by atoms with van der Waals surface area (Å²) in [5, 5.41) is 4.16. The normalized spacial score (nSPS) is 30.2. The molecule has 4 N–H and O–H groups in total. The number of hydrogen-bond acceptors (Lipinski definition) is 3. The Labute approximate surface area is 94.8 Å². The van der Waals surface area contributed by atoms with E-state index < -0.39 is 5.54 Å². The highest BCUT2D eigenvalue weighted by Gasteiger charge is 2.37. The average molecular weight is 222 g/mol. The Hall–Kier alpha value is -1.36. The molecule has 2 atom stereocenters. The summed E-state index contributed by atoms with van der Waals surface area (Å²) in [6.07, 6.45) is 7.11. The van der Waals surface area contributed by atoms with Crippen LogP contribution in [0.4, 0.5) is 0 Å². The first-order valence-corrected chi connectivity index (χ1v) is 5.66. The first-order chi connectivity index (χ1) is 7.60. The molecule has 1 fully saturated rings. The number of rotatable bonds is 3. The number of nitrogens with two attached hydrogens (primary N) is 2. The molecule has 2 rings (SSSR count). The third-order valence-corrected chi connectivity index (χ3v) is 3.38. The molecule has 0 radical (unpaired) electrons. The summed E-state index contributed by atoms with van der Waals surface area (Å²) in [7, 11) is 0. The Morgan fingerprint density at radius 1 is 1.62 bits per heavy atom. The van der Waals surface area contributed by atoms with Gasteiger partial charge in [0.2, 0.25) is 5.91 Å². The highest BCUT2D eigenvalue weighted by molar-refractivity contribution is 5.84. The van der Waals surface area contributed by atoms with Crippen LogP contribution in [0.15, 0.2) is 18.5 Å². The predicted octanol–water partition coefficient (Wildman–Crippen LogP) is 0.256. The SMILES string of the molecule is NC(=O)C1(N)CCCC(Cn2cccn2)C1. The molecular formula is C11H18N4O. The fourth-order valence-corrected chi connectivity index (χ4v) is 2.48. The maximum absolute atomic E-state index is 11.3. The van der Waals surface area contributed by atoms with E-state index in [0.29, 0.717) is 18.8 Å². The van der Waals surface area contributed by atoms with E-state index in [9.17, 15) is 4.79 Å². The maximum Gasteiger partial charge on any atom is 0.237 e. The van der Waals surface area contributed by atoms with Crippen molar-refractivity contribution in [1.82, 2.24) is 9.78 Å². The molecule has 1 aliphatic carbocycles. The van der Waals surface area contributed by atoms with Crippen LogP contribution in [0.2, 0.25) is 0 Å². The minimum Gasteiger partial charge on any atom is -0.368 e. The Kier molecular flexibility index (Phi) is 2.96. The Morgan fingerprint density at radius 3 is 3.06 bits per heavy atom. The number of nitrogens with zero attached hydrogens (tertiary/aromatic N) is 2. The van der Waals surface area contributed by atoms with Crippen molar-refractivity contribution in [3.05, 3.63) is 18.5 Å². The maximum atomic E-state index is 11.3. The summed E-state index contributed by atoms with van der Waals surface area (Å²) in [6, 6.07) is 1.90. The van der Waals surface area contributed by atoms with Crippen LogP contribution in [0.25, 0.3) is 0 Å². The number of amides is 1. The third-order valence-electron chi connectivity index (χ3n) is 3.38. The zero-order valence-electron chi connectivity index (χ0n) is 9.30. The summed E-state index contributed by atoms with van der Waals surface area (Å²) >= 11 is 0. The number of carbonyl (C=O) groups is 1. The second kappa shape index (κ2) is 4.25. The van der Waals surface area contributed by atoms with E-state index in [-0.39, 0.29) is 5.91 Å².